The van der Waals surface area contributed by atoms with Crippen LogP contribution in [0.5, 0.6) is 5.75 Å². The molecule has 0 unspecified atom stereocenters. The third-order valence-corrected chi connectivity index (χ3v) is 2.59. The summed E-state index contributed by atoms with van der Waals surface area (Å²) in [7, 11) is 0. The minimum atomic E-state index is 0. The van der Waals surface area contributed by atoms with Gasteiger partial charge in [0.05, 0.1) is 6.61 Å². The van der Waals surface area contributed by atoms with Gasteiger partial charge in [-0.1, -0.05) is 18.2 Å². The van der Waals surface area contributed by atoms with Crippen molar-refractivity contribution in [1.82, 2.24) is 10.3 Å². The Morgan fingerprint density at radius 2 is 1.89 bits per heavy atom. The number of pyridine rings is 1. The number of halogens is 1. The zero-order valence-electron chi connectivity index (χ0n) is 11.0. The van der Waals surface area contributed by atoms with E-state index in [1.807, 2.05) is 31.3 Å². The molecule has 1 N–H and O–H groups in total. The molecule has 0 aliphatic heterocycles. The van der Waals surface area contributed by atoms with Gasteiger partial charge in [0.1, 0.15) is 5.75 Å². The third-order valence-electron chi connectivity index (χ3n) is 2.59. The Morgan fingerprint density at radius 3 is 2.63 bits per heavy atom. The van der Waals surface area contributed by atoms with Gasteiger partial charge in [0.15, 0.2) is 0 Å². The molecule has 102 valence electrons. The third kappa shape index (κ3) is 5.28. The van der Waals surface area contributed by atoms with E-state index in [1.165, 1.54) is 11.1 Å². The fourth-order valence-electron chi connectivity index (χ4n) is 1.77. The quantitative estimate of drug-likeness (QED) is 0.792. The van der Waals surface area contributed by atoms with E-state index < -0.39 is 0 Å². The van der Waals surface area contributed by atoms with Crippen LogP contribution in [0.15, 0.2) is 48.8 Å². The number of hydrogen-bond donors (Lipinski definition) is 1. The zero-order valence-corrected chi connectivity index (χ0v) is 11.7. The lowest BCUT2D eigenvalue weighted by atomic mass is 10.2. The van der Waals surface area contributed by atoms with Gasteiger partial charge in [-0.3, -0.25) is 4.98 Å². The lowest BCUT2D eigenvalue weighted by Crippen LogP contribution is -3.00. The molecule has 0 bridgehead atoms. The molecule has 4 heteroatoms. The number of hydrogen-bond acceptors (Lipinski definition) is 3. The minimum absolute atomic E-state index is 0. The van der Waals surface area contributed by atoms with E-state index in [1.54, 1.807) is 6.20 Å². The largest absolute Gasteiger partial charge is 1.00 e. The summed E-state index contributed by atoms with van der Waals surface area (Å²) in [5.41, 5.74) is 2.42. The molecule has 1 aromatic heterocycles. The van der Waals surface area contributed by atoms with Gasteiger partial charge in [-0.15, -0.1) is 0 Å². The van der Waals surface area contributed by atoms with E-state index in [0.29, 0.717) is 6.61 Å². The van der Waals surface area contributed by atoms with E-state index in [9.17, 15) is 0 Å². The van der Waals surface area contributed by atoms with Crippen LogP contribution in [-0.4, -0.2) is 11.6 Å². The molecule has 1 heterocycles. The number of nitrogens with zero attached hydrogens (tertiary/aromatic N) is 1. The van der Waals surface area contributed by atoms with Crippen molar-refractivity contribution in [2.24, 2.45) is 0 Å². The molecular formula is C15H18ClN2O-. The highest BCUT2D eigenvalue weighted by atomic mass is 35.5. The van der Waals surface area contributed by atoms with Crippen molar-refractivity contribution in [3.05, 3.63) is 59.9 Å². The first-order valence-corrected chi connectivity index (χ1v) is 6.20. The Hall–Kier alpha value is -1.58. The lowest BCUT2D eigenvalue weighted by Gasteiger charge is -2.07. The number of ether oxygens (including phenoxy) is 1. The highest BCUT2D eigenvalue weighted by molar-refractivity contribution is 5.28. The Kier molecular flexibility index (Phi) is 6.93. The van der Waals surface area contributed by atoms with Gasteiger partial charge in [-0.05, 0) is 36.2 Å². The normalized spacial score (nSPS) is 9.74. The Morgan fingerprint density at radius 1 is 1.11 bits per heavy atom. The highest BCUT2D eigenvalue weighted by Crippen LogP contribution is 2.13. The molecule has 0 aliphatic rings. The van der Waals surface area contributed by atoms with Crippen molar-refractivity contribution in [2.75, 3.05) is 6.61 Å². The first-order chi connectivity index (χ1) is 8.88. The molecule has 0 spiro atoms. The maximum atomic E-state index is 5.47. The van der Waals surface area contributed by atoms with Crippen molar-refractivity contribution in [2.45, 2.75) is 20.0 Å². The van der Waals surface area contributed by atoms with Gasteiger partial charge in [0.25, 0.3) is 0 Å². The second kappa shape index (κ2) is 8.51. The van der Waals surface area contributed by atoms with Crippen LogP contribution in [0.1, 0.15) is 18.1 Å². The summed E-state index contributed by atoms with van der Waals surface area (Å²) in [5.74, 6) is 0.929. The number of aromatic nitrogens is 1. The Labute approximate surface area is 120 Å². The summed E-state index contributed by atoms with van der Waals surface area (Å²) in [6.45, 7) is 4.35. The topological polar surface area (TPSA) is 34.1 Å². The minimum Gasteiger partial charge on any atom is -1.00 e. The zero-order chi connectivity index (χ0) is 12.6. The molecule has 3 nitrogen and oxygen atoms in total. The van der Waals surface area contributed by atoms with Gasteiger partial charge in [0.2, 0.25) is 0 Å². The summed E-state index contributed by atoms with van der Waals surface area (Å²) in [4.78, 5) is 4.09. The maximum absolute atomic E-state index is 5.47. The van der Waals surface area contributed by atoms with Gasteiger partial charge in [-0.25, -0.2) is 0 Å². The highest BCUT2D eigenvalue weighted by Gasteiger charge is 1.97. The van der Waals surface area contributed by atoms with Crippen LogP contribution in [-0.2, 0) is 13.1 Å². The molecule has 1 aromatic carbocycles. The molecule has 0 fully saturated rings. The van der Waals surface area contributed by atoms with Crippen molar-refractivity contribution in [3.8, 4) is 5.75 Å². The van der Waals surface area contributed by atoms with Gasteiger partial charge >= 0.3 is 0 Å². The van der Waals surface area contributed by atoms with E-state index in [0.717, 1.165) is 18.8 Å². The van der Waals surface area contributed by atoms with Crippen LogP contribution in [0, 0.1) is 0 Å². The van der Waals surface area contributed by atoms with E-state index in [2.05, 4.69) is 28.5 Å². The standard InChI is InChI=1S/C15H18N2O.ClH/c1-2-18-15-7-3-5-13(9-15)10-17-12-14-6-4-8-16-11-14;/h3-9,11,17H,2,10,12H2,1H3;1H/p-1. The van der Waals surface area contributed by atoms with Crippen molar-refractivity contribution in [1.29, 1.82) is 0 Å². The van der Waals surface area contributed by atoms with Crippen LogP contribution in [0.2, 0.25) is 0 Å². The van der Waals surface area contributed by atoms with Crippen LogP contribution in [0.4, 0.5) is 0 Å². The predicted octanol–water partition coefficient (Wildman–Crippen LogP) is -0.226. The smallest absolute Gasteiger partial charge is 0.119 e. The second-order valence-electron chi connectivity index (χ2n) is 4.05. The summed E-state index contributed by atoms with van der Waals surface area (Å²) >= 11 is 0. The molecule has 19 heavy (non-hydrogen) atoms. The first-order valence-electron chi connectivity index (χ1n) is 6.20. The van der Waals surface area contributed by atoms with Gasteiger partial charge < -0.3 is 22.5 Å². The average molecular weight is 278 g/mol. The van der Waals surface area contributed by atoms with Crippen LogP contribution < -0.4 is 22.5 Å². The Balaban J connectivity index is 0.00000180. The first kappa shape index (κ1) is 15.5. The molecule has 0 aliphatic carbocycles. The monoisotopic (exact) mass is 277 g/mol. The fourth-order valence-corrected chi connectivity index (χ4v) is 1.77. The molecule has 0 atom stereocenters. The lowest BCUT2D eigenvalue weighted by molar-refractivity contribution is -0.00000437. The predicted molar refractivity (Wildman–Crippen MR) is 72.4 cm³/mol. The molecule has 2 rings (SSSR count). The number of nitrogens with one attached hydrogen (secondary N) is 1. The Bertz CT molecular complexity index is 477. The van der Waals surface area contributed by atoms with E-state index in [-0.39, 0.29) is 12.4 Å². The van der Waals surface area contributed by atoms with Crippen molar-refractivity contribution < 1.29 is 17.1 Å². The van der Waals surface area contributed by atoms with Crippen LogP contribution in [0.25, 0.3) is 0 Å². The van der Waals surface area contributed by atoms with Gasteiger partial charge in [0, 0.05) is 25.5 Å². The molecule has 0 radical (unpaired) electrons. The van der Waals surface area contributed by atoms with Crippen LogP contribution in [0.3, 0.4) is 0 Å². The van der Waals surface area contributed by atoms with Gasteiger partial charge in [-0.2, -0.15) is 0 Å². The average Bonchev–Trinajstić information content (AvgIpc) is 2.41. The number of rotatable bonds is 6. The molecule has 2 aromatic rings. The van der Waals surface area contributed by atoms with Crippen LogP contribution >= 0.6 is 0 Å². The molecular weight excluding hydrogens is 260 g/mol. The van der Waals surface area contributed by atoms with Crippen molar-refractivity contribution in [3.63, 3.8) is 0 Å². The summed E-state index contributed by atoms with van der Waals surface area (Å²) in [6.07, 6.45) is 3.67. The van der Waals surface area contributed by atoms with Crippen molar-refractivity contribution >= 4 is 0 Å². The molecule has 0 amide bonds. The molecule has 0 saturated heterocycles. The SMILES string of the molecule is CCOc1cccc(CNCc2cccnc2)c1.[Cl-]. The number of benzene rings is 1. The summed E-state index contributed by atoms with van der Waals surface area (Å²) in [6, 6.07) is 12.2. The second-order valence-corrected chi connectivity index (χ2v) is 4.05. The summed E-state index contributed by atoms with van der Waals surface area (Å²) < 4.78 is 5.47. The maximum Gasteiger partial charge on any atom is 0.119 e. The fraction of sp³-hybridized carbons (Fsp3) is 0.267. The van der Waals surface area contributed by atoms with E-state index >= 15 is 0 Å². The molecule has 0 saturated carbocycles. The summed E-state index contributed by atoms with van der Waals surface area (Å²) in [5, 5.41) is 3.39. The van der Waals surface area contributed by atoms with E-state index in [4.69, 9.17) is 4.74 Å².